The minimum absolute atomic E-state index is 0.0481. The summed E-state index contributed by atoms with van der Waals surface area (Å²) < 4.78 is 13.1. The van der Waals surface area contributed by atoms with Gasteiger partial charge in [0.15, 0.2) is 5.13 Å². The molecule has 0 bridgehead atoms. The van der Waals surface area contributed by atoms with Gasteiger partial charge in [-0.1, -0.05) is 18.3 Å². The number of nitrogens with one attached hydrogen (secondary N) is 1. The third-order valence-electron chi connectivity index (χ3n) is 4.46. The van der Waals surface area contributed by atoms with Gasteiger partial charge in [-0.25, -0.2) is 9.37 Å². The summed E-state index contributed by atoms with van der Waals surface area (Å²) in [5.74, 6) is -0.263. The fraction of sp³-hybridized carbons (Fsp3) is 0.500. The van der Waals surface area contributed by atoms with Gasteiger partial charge in [0, 0.05) is 37.4 Å². The second-order valence-electron chi connectivity index (χ2n) is 7.78. The number of nitrogens with zero attached hydrogens (tertiary/aromatic N) is 3. The Morgan fingerprint density at radius 1 is 1.15 bits per heavy atom. The number of rotatable bonds is 4. The summed E-state index contributed by atoms with van der Waals surface area (Å²) in [6.45, 7) is 11.3. The van der Waals surface area contributed by atoms with E-state index < -0.39 is 0 Å². The highest BCUT2D eigenvalue weighted by atomic mass is 32.1. The van der Waals surface area contributed by atoms with Gasteiger partial charge < -0.3 is 15.1 Å². The molecule has 0 radical (unpaired) electrons. The largest absolute Gasteiger partial charge is 0.368 e. The molecule has 5 nitrogen and oxygen atoms in total. The number of amides is 1. The van der Waals surface area contributed by atoms with Crippen LogP contribution in [0, 0.1) is 5.82 Å². The van der Waals surface area contributed by atoms with Crippen molar-refractivity contribution in [1.29, 1.82) is 0 Å². The third kappa shape index (κ3) is 4.77. The molecule has 1 aromatic heterocycles. The monoisotopic (exact) mass is 390 g/mol. The molecule has 1 aromatic carbocycles. The van der Waals surface area contributed by atoms with E-state index >= 15 is 0 Å². The van der Waals surface area contributed by atoms with E-state index in [1.807, 2.05) is 39.8 Å². The van der Waals surface area contributed by atoms with Gasteiger partial charge in [-0.3, -0.25) is 4.79 Å². The van der Waals surface area contributed by atoms with Crippen LogP contribution in [0.15, 0.2) is 24.3 Å². The van der Waals surface area contributed by atoms with E-state index in [9.17, 15) is 9.18 Å². The topological polar surface area (TPSA) is 48.5 Å². The fourth-order valence-electron chi connectivity index (χ4n) is 3.10. The minimum atomic E-state index is -0.271. The summed E-state index contributed by atoms with van der Waals surface area (Å²) in [6.07, 6.45) is 0.735. The lowest BCUT2D eigenvalue weighted by Crippen LogP contribution is -2.46. The molecule has 0 aliphatic carbocycles. The molecular formula is C20H27FN4OS. The van der Waals surface area contributed by atoms with Crippen LogP contribution in [0.2, 0.25) is 0 Å². The Morgan fingerprint density at radius 2 is 1.74 bits per heavy atom. The lowest BCUT2D eigenvalue weighted by Gasteiger charge is -2.36. The quantitative estimate of drug-likeness (QED) is 0.865. The summed E-state index contributed by atoms with van der Waals surface area (Å²) in [5, 5.41) is 3.94. The number of thiazole rings is 1. The first-order valence-corrected chi connectivity index (χ1v) is 10.2. The van der Waals surface area contributed by atoms with Crippen LogP contribution < -0.4 is 15.1 Å². The first-order chi connectivity index (χ1) is 12.8. The zero-order chi connectivity index (χ0) is 19.6. The van der Waals surface area contributed by atoms with Crippen LogP contribution in [0.4, 0.5) is 15.2 Å². The molecule has 2 heterocycles. The van der Waals surface area contributed by atoms with Gasteiger partial charge in [-0.2, -0.15) is 0 Å². The first kappa shape index (κ1) is 19.6. The van der Waals surface area contributed by atoms with Crippen LogP contribution in [-0.2, 0) is 6.42 Å². The molecule has 1 aliphatic heterocycles. The van der Waals surface area contributed by atoms with Crippen molar-refractivity contribution in [2.24, 2.45) is 0 Å². The number of piperazine rings is 1. The molecule has 27 heavy (non-hydrogen) atoms. The van der Waals surface area contributed by atoms with Crippen molar-refractivity contribution >= 4 is 28.1 Å². The van der Waals surface area contributed by atoms with Gasteiger partial charge in [0.25, 0.3) is 5.91 Å². The van der Waals surface area contributed by atoms with Crippen LogP contribution in [0.3, 0.4) is 0 Å². The standard InChI is InChI=1S/C20H27FN4OS/c1-5-16-17(18(26)23-20(2,3)4)27-19(22-16)25-12-10-24(11-13-25)15-8-6-14(21)7-9-15/h6-9H,5,10-13H2,1-4H3,(H,23,26). The van der Waals surface area contributed by atoms with Gasteiger partial charge in [0.2, 0.25) is 0 Å². The van der Waals surface area contributed by atoms with Gasteiger partial charge in [-0.15, -0.1) is 0 Å². The number of hydrogen-bond acceptors (Lipinski definition) is 5. The smallest absolute Gasteiger partial charge is 0.263 e. The van der Waals surface area contributed by atoms with Crippen LogP contribution in [0.5, 0.6) is 0 Å². The molecular weight excluding hydrogens is 363 g/mol. The van der Waals surface area contributed by atoms with Gasteiger partial charge in [0.1, 0.15) is 10.7 Å². The average molecular weight is 391 g/mol. The fourth-order valence-corrected chi connectivity index (χ4v) is 4.20. The Kier molecular flexibility index (Phi) is 5.69. The van der Waals surface area contributed by atoms with Crippen molar-refractivity contribution < 1.29 is 9.18 Å². The van der Waals surface area contributed by atoms with Crippen molar-refractivity contribution in [2.45, 2.75) is 39.7 Å². The third-order valence-corrected chi connectivity index (χ3v) is 5.61. The molecule has 0 saturated carbocycles. The van der Waals surface area contributed by atoms with Crippen molar-refractivity contribution in [3.8, 4) is 0 Å². The van der Waals surface area contributed by atoms with E-state index in [0.29, 0.717) is 4.88 Å². The van der Waals surface area contributed by atoms with E-state index in [1.54, 1.807) is 0 Å². The number of hydrogen-bond donors (Lipinski definition) is 1. The lowest BCUT2D eigenvalue weighted by molar-refractivity contribution is 0.0922. The highest BCUT2D eigenvalue weighted by Gasteiger charge is 2.25. The summed E-state index contributed by atoms with van der Waals surface area (Å²) in [6, 6.07) is 6.63. The first-order valence-electron chi connectivity index (χ1n) is 9.34. The lowest BCUT2D eigenvalue weighted by atomic mass is 10.1. The van der Waals surface area contributed by atoms with Gasteiger partial charge >= 0.3 is 0 Å². The van der Waals surface area contributed by atoms with Crippen molar-refractivity contribution in [1.82, 2.24) is 10.3 Å². The average Bonchev–Trinajstić information content (AvgIpc) is 3.06. The molecule has 1 fully saturated rings. The number of anilines is 2. The zero-order valence-electron chi connectivity index (χ0n) is 16.4. The maximum Gasteiger partial charge on any atom is 0.263 e. The van der Waals surface area contributed by atoms with Crippen LogP contribution >= 0.6 is 11.3 Å². The van der Waals surface area contributed by atoms with Crippen molar-refractivity contribution in [3.63, 3.8) is 0 Å². The predicted molar refractivity (Wildman–Crippen MR) is 110 cm³/mol. The Labute approximate surface area is 164 Å². The summed E-state index contributed by atoms with van der Waals surface area (Å²) in [4.78, 5) is 22.5. The normalized spacial score (nSPS) is 15.1. The Hall–Kier alpha value is -2.15. The van der Waals surface area contributed by atoms with Crippen molar-refractivity contribution in [3.05, 3.63) is 40.7 Å². The molecule has 1 N–H and O–H groups in total. The van der Waals surface area contributed by atoms with Crippen LogP contribution in [0.25, 0.3) is 0 Å². The maximum atomic E-state index is 13.1. The zero-order valence-corrected chi connectivity index (χ0v) is 17.2. The maximum absolute atomic E-state index is 13.1. The molecule has 1 saturated heterocycles. The number of aryl methyl sites for hydroxylation is 1. The van der Waals surface area contributed by atoms with E-state index in [2.05, 4.69) is 15.1 Å². The minimum Gasteiger partial charge on any atom is -0.368 e. The Morgan fingerprint density at radius 3 is 2.30 bits per heavy atom. The molecule has 146 valence electrons. The highest BCUT2D eigenvalue weighted by molar-refractivity contribution is 7.17. The second kappa shape index (κ2) is 7.84. The van der Waals surface area contributed by atoms with Crippen LogP contribution in [-0.4, -0.2) is 42.6 Å². The van der Waals surface area contributed by atoms with Gasteiger partial charge in [-0.05, 0) is 51.5 Å². The molecule has 3 rings (SSSR count). The van der Waals surface area contributed by atoms with E-state index in [1.165, 1.54) is 23.5 Å². The summed E-state index contributed by atoms with van der Waals surface area (Å²) in [5.41, 5.74) is 1.62. The number of halogens is 1. The number of aromatic nitrogens is 1. The summed E-state index contributed by atoms with van der Waals surface area (Å²) >= 11 is 1.47. The highest BCUT2D eigenvalue weighted by Crippen LogP contribution is 2.29. The van der Waals surface area contributed by atoms with E-state index in [0.717, 1.165) is 49.1 Å². The number of benzene rings is 1. The SMILES string of the molecule is CCc1nc(N2CCN(c3ccc(F)cc3)CC2)sc1C(=O)NC(C)(C)C. The Balaban J connectivity index is 1.69. The molecule has 1 aliphatic rings. The van der Waals surface area contributed by atoms with E-state index in [4.69, 9.17) is 4.98 Å². The molecule has 1 amide bonds. The second-order valence-corrected chi connectivity index (χ2v) is 8.76. The molecule has 0 unspecified atom stereocenters. The molecule has 0 spiro atoms. The summed E-state index contributed by atoms with van der Waals surface area (Å²) in [7, 11) is 0. The van der Waals surface area contributed by atoms with Gasteiger partial charge in [0.05, 0.1) is 5.69 Å². The Bertz CT molecular complexity index is 789. The molecule has 0 atom stereocenters. The molecule has 7 heteroatoms. The molecule has 2 aromatic rings. The number of carbonyl (C=O) groups excluding carboxylic acids is 1. The van der Waals surface area contributed by atoms with Crippen molar-refractivity contribution in [2.75, 3.05) is 36.0 Å². The van der Waals surface area contributed by atoms with E-state index in [-0.39, 0.29) is 17.3 Å². The predicted octanol–water partition coefficient (Wildman–Crippen LogP) is 3.70. The van der Waals surface area contributed by atoms with Crippen LogP contribution in [0.1, 0.15) is 43.1 Å². The number of carbonyl (C=O) groups is 1.